The standard InChI is InChI=1S/C17H19BrN2O/c1-11-8-9-13(10-16(11)20(3)4)19-17(21)14-6-5-7-15(18)12(14)2/h5-10H,1-4H3,(H,19,21). The first-order chi connectivity index (χ1) is 9.90. The number of halogens is 1. The quantitative estimate of drug-likeness (QED) is 0.893. The summed E-state index contributed by atoms with van der Waals surface area (Å²) in [7, 11) is 3.98. The van der Waals surface area contributed by atoms with Crippen LogP contribution in [0.25, 0.3) is 0 Å². The summed E-state index contributed by atoms with van der Waals surface area (Å²) >= 11 is 3.45. The van der Waals surface area contributed by atoms with Crippen LogP contribution in [0.4, 0.5) is 11.4 Å². The van der Waals surface area contributed by atoms with E-state index in [-0.39, 0.29) is 5.91 Å². The lowest BCUT2D eigenvalue weighted by Crippen LogP contribution is -2.15. The molecule has 2 aromatic rings. The highest BCUT2D eigenvalue weighted by molar-refractivity contribution is 9.10. The number of benzene rings is 2. The molecule has 0 aliphatic heterocycles. The predicted octanol–water partition coefficient (Wildman–Crippen LogP) is 4.38. The van der Waals surface area contributed by atoms with Crippen molar-refractivity contribution in [2.75, 3.05) is 24.3 Å². The number of carbonyl (C=O) groups is 1. The van der Waals surface area contributed by atoms with E-state index in [1.807, 2.05) is 62.3 Å². The fourth-order valence-electron chi connectivity index (χ4n) is 2.22. The number of carbonyl (C=O) groups excluding carboxylic acids is 1. The van der Waals surface area contributed by atoms with Gasteiger partial charge in [0, 0.05) is 35.5 Å². The number of nitrogens with one attached hydrogen (secondary N) is 1. The molecular weight excluding hydrogens is 328 g/mol. The van der Waals surface area contributed by atoms with Gasteiger partial charge < -0.3 is 10.2 Å². The number of aryl methyl sites for hydroxylation is 1. The minimum Gasteiger partial charge on any atom is -0.377 e. The summed E-state index contributed by atoms with van der Waals surface area (Å²) in [6, 6.07) is 11.6. The molecular formula is C17H19BrN2O. The van der Waals surface area contributed by atoms with Gasteiger partial charge in [0.1, 0.15) is 0 Å². The van der Waals surface area contributed by atoms with Crippen molar-refractivity contribution in [3.05, 3.63) is 57.6 Å². The number of rotatable bonds is 3. The summed E-state index contributed by atoms with van der Waals surface area (Å²) in [6.07, 6.45) is 0. The van der Waals surface area contributed by atoms with Gasteiger partial charge in [-0.25, -0.2) is 0 Å². The molecule has 0 unspecified atom stereocenters. The van der Waals surface area contributed by atoms with E-state index in [1.54, 1.807) is 0 Å². The van der Waals surface area contributed by atoms with Crippen molar-refractivity contribution in [2.24, 2.45) is 0 Å². The molecule has 0 radical (unpaired) electrons. The summed E-state index contributed by atoms with van der Waals surface area (Å²) < 4.78 is 0.938. The van der Waals surface area contributed by atoms with Crippen LogP contribution in [0.15, 0.2) is 40.9 Å². The summed E-state index contributed by atoms with van der Waals surface area (Å²) in [6.45, 7) is 3.98. The minimum atomic E-state index is -0.0950. The first kappa shape index (κ1) is 15.6. The van der Waals surface area contributed by atoms with Gasteiger partial charge in [-0.2, -0.15) is 0 Å². The normalized spacial score (nSPS) is 10.3. The van der Waals surface area contributed by atoms with Crippen molar-refractivity contribution in [3.8, 4) is 0 Å². The van der Waals surface area contributed by atoms with Gasteiger partial charge in [0.05, 0.1) is 0 Å². The molecule has 1 amide bonds. The van der Waals surface area contributed by atoms with E-state index in [0.29, 0.717) is 5.56 Å². The zero-order valence-corrected chi connectivity index (χ0v) is 14.3. The molecule has 21 heavy (non-hydrogen) atoms. The summed E-state index contributed by atoms with van der Waals surface area (Å²) in [5.41, 5.74) is 4.69. The molecule has 0 bridgehead atoms. The van der Waals surface area contributed by atoms with Crippen LogP contribution < -0.4 is 10.2 Å². The van der Waals surface area contributed by atoms with Crippen LogP contribution in [0.2, 0.25) is 0 Å². The van der Waals surface area contributed by atoms with E-state index >= 15 is 0 Å². The van der Waals surface area contributed by atoms with Crippen molar-refractivity contribution < 1.29 is 4.79 Å². The second kappa shape index (κ2) is 6.31. The smallest absolute Gasteiger partial charge is 0.255 e. The van der Waals surface area contributed by atoms with Crippen molar-refractivity contribution in [3.63, 3.8) is 0 Å². The lowest BCUT2D eigenvalue weighted by molar-refractivity contribution is 0.102. The van der Waals surface area contributed by atoms with Crippen molar-refractivity contribution >= 4 is 33.2 Å². The van der Waals surface area contributed by atoms with Gasteiger partial charge in [-0.05, 0) is 49.2 Å². The molecule has 0 saturated carbocycles. The molecule has 110 valence electrons. The highest BCUT2D eigenvalue weighted by Gasteiger charge is 2.12. The number of hydrogen-bond acceptors (Lipinski definition) is 2. The topological polar surface area (TPSA) is 32.3 Å². The Balaban J connectivity index is 2.28. The lowest BCUT2D eigenvalue weighted by Gasteiger charge is -2.17. The Kier molecular flexibility index (Phi) is 4.68. The first-order valence-corrected chi connectivity index (χ1v) is 7.54. The van der Waals surface area contributed by atoms with Crippen LogP contribution in [-0.4, -0.2) is 20.0 Å². The Hall–Kier alpha value is -1.81. The van der Waals surface area contributed by atoms with Gasteiger partial charge in [0.25, 0.3) is 5.91 Å². The summed E-state index contributed by atoms with van der Waals surface area (Å²) in [5.74, 6) is -0.0950. The third-order valence-corrected chi connectivity index (χ3v) is 4.32. The molecule has 0 aliphatic rings. The predicted molar refractivity (Wildman–Crippen MR) is 92.3 cm³/mol. The van der Waals surface area contributed by atoms with Crippen LogP contribution in [0, 0.1) is 13.8 Å². The monoisotopic (exact) mass is 346 g/mol. The minimum absolute atomic E-state index is 0.0950. The van der Waals surface area contributed by atoms with E-state index in [9.17, 15) is 4.79 Å². The molecule has 0 aromatic heterocycles. The highest BCUT2D eigenvalue weighted by Crippen LogP contribution is 2.24. The van der Waals surface area contributed by atoms with Crippen LogP contribution in [0.5, 0.6) is 0 Å². The van der Waals surface area contributed by atoms with Crippen LogP contribution in [0.1, 0.15) is 21.5 Å². The van der Waals surface area contributed by atoms with Crippen molar-refractivity contribution in [2.45, 2.75) is 13.8 Å². The van der Waals surface area contributed by atoms with Crippen LogP contribution in [-0.2, 0) is 0 Å². The third-order valence-electron chi connectivity index (χ3n) is 3.46. The zero-order chi connectivity index (χ0) is 15.6. The highest BCUT2D eigenvalue weighted by atomic mass is 79.9. The third kappa shape index (κ3) is 3.45. The SMILES string of the molecule is Cc1ccc(NC(=O)c2cccc(Br)c2C)cc1N(C)C. The lowest BCUT2D eigenvalue weighted by atomic mass is 10.1. The number of nitrogens with zero attached hydrogens (tertiary/aromatic N) is 1. The van der Waals surface area contributed by atoms with Crippen molar-refractivity contribution in [1.82, 2.24) is 0 Å². The molecule has 0 saturated heterocycles. The summed E-state index contributed by atoms with van der Waals surface area (Å²) in [4.78, 5) is 14.4. The fraction of sp³-hybridized carbons (Fsp3) is 0.235. The molecule has 2 aromatic carbocycles. The molecule has 3 nitrogen and oxygen atoms in total. The second-order valence-electron chi connectivity index (χ2n) is 5.26. The average molecular weight is 347 g/mol. The fourth-order valence-corrected chi connectivity index (χ4v) is 2.59. The molecule has 2 rings (SSSR count). The van der Waals surface area contributed by atoms with Crippen LogP contribution >= 0.6 is 15.9 Å². The first-order valence-electron chi connectivity index (χ1n) is 6.74. The van der Waals surface area contributed by atoms with Gasteiger partial charge in [0.2, 0.25) is 0 Å². The molecule has 0 aliphatic carbocycles. The maximum atomic E-state index is 12.4. The number of hydrogen-bond donors (Lipinski definition) is 1. The van der Waals surface area contributed by atoms with Crippen molar-refractivity contribution in [1.29, 1.82) is 0 Å². The van der Waals surface area contributed by atoms with E-state index in [4.69, 9.17) is 0 Å². The molecule has 0 spiro atoms. The van der Waals surface area contributed by atoms with E-state index in [0.717, 1.165) is 21.4 Å². The maximum Gasteiger partial charge on any atom is 0.255 e. The molecule has 0 fully saturated rings. The Labute approximate surface area is 134 Å². The maximum absolute atomic E-state index is 12.4. The molecule has 1 N–H and O–H groups in total. The van der Waals surface area contributed by atoms with E-state index in [2.05, 4.69) is 28.2 Å². The molecule has 0 heterocycles. The van der Waals surface area contributed by atoms with Gasteiger partial charge in [-0.3, -0.25) is 4.79 Å². The number of amides is 1. The Morgan fingerprint density at radius 3 is 2.52 bits per heavy atom. The Morgan fingerprint density at radius 1 is 1.14 bits per heavy atom. The van der Waals surface area contributed by atoms with Crippen LogP contribution in [0.3, 0.4) is 0 Å². The van der Waals surface area contributed by atoms with E-state index in [1.165, 1.54) is 5.56 Å². The summed E-state index contributed by atoms with van der Waals surface area (Å²) in [5, 5.41) is 2.96. The molecule has 0 atom stereocenters. The van der Waals surface area contributed by atoms with Gasteiger partial charge in [-0.1, -0.05) is 28.1 Å². The average Bonchev–Trinajstić information content (AvgIpc) is 2.43. The second-order valence-corrected chi connectivity index (χ2v) is 6.12. The Bertz CT molecular complexity index is 680. The van der Waals surface area contributed by atoms with Gasteiger partial charge in [-0.15, -0.1) is 0 Å². The van der Waals surface area contributed by atoms with Gasteiger partial charge in [0.15, 0.2) is 0 Å². The van der Waals surface area contributed by atoms with E-state index < -0.39 is 0 Å². The molecule has 4 heteroatoms. The number of anilines is 2. The zero-order valence-electron chi connectivity index (χ0n) is 12.7. The van der Waals surface area contributed by atoms with Gasteiger partial charge >= 0.3 is 0 Å². The largest absolute Gasteiger partial charge is 0.377 e. The Morgan fingerprint density at radius 2 is 1.86 bits per heavy atom.